The van der Waals surface area contributed by atoms with E-state index in [1.807, 2.05) is 6.92 Å². The fourth-order valence-corrected chi connectivity index (χ4v) is 2.51. The monoisotopic (exact) mass is 241 g/mol. The van der Waals surface area contributed by atoms with E-state index in [1.54, 1.807) is 6.92 Å². The zero-order chi connectivity index (χ0) is 12.8. The molecule has 4 heteroatoms. The molecule has 0 aromatic rings. The Morgan fingerprint density at radius 3 is 2.29 bits per heavy atom. The van der Waals surface area contributed by atoms with Crippen LogP contribution in [0.15, 0.2) is 0 Å². The molecule has 0 saturated heterocycles. The summed E-state index contributed by atoms with van der Waals surface area (Å²) in [6, 6.07) is 0. The summed E-state index contributed by atoms with van der Waals surface area (Å²) in [5.74, 6) is 0.908. The largest absolute Gasteiger partial charge is 0.463 e. The second-order valence-corrected chi connectivity index (χ2v) is 5.03. The fourth-order valence-electron chi connectivity index (χ4n) is 2.51. The molecule has 1 N–H and O–H groups in total. The summed E-state index contributed by atoms with van der Waals surface area (Å²) in [5, 5.41) is 2.87. The molecule has 0 aliphatic heterocycles. The number of carbonyl (C=O) groups is 2. The molecule has 1 rings (SSSR count). The summed E-state index contributed by atoms with van der Waals surface area (Å²) in [4.78, 5) is 21.7. The van der Waals surface area contributed by atoms with Gasteiger partial charge in [0.05, 0.1) is 0 Å². The minimum absolute atomic E-state index is 0.0224. The lowest BCUT2D eigenvalue weighted by Gasteiger charge is -2.31. The van der Waals surface area contributed by atoms with Crippen LogP contribution in [0.3, 0.4) is 0 Å². The van der Waals surface area contributed by atoms with Crippen LogP contribution >= 0.6 is 0 Å². The lowest BCUT2D eigenvalue weighted by molar-refractivity contribution is -0.148. The first kappa shape index (κ1) is 14.0. The summed E-state index contributed by atoms with van der Waals surface area (Å²) < 4.78 is 5.21. The number of carbonyl (C=O) groups excluding carboxylic acids is 2. The van der Waals surface area contributed by atoms with E-state index in [4.69, 9.17) is 4.74 Å². The molecule has 17 heavy (non-hydrogen) atoms. The Bertz CT molecular complexity index is 270. The zero-order valence-electron chi connectivity index (χ0n) is 11.0. The molecule has 1 atom stereocenters. The predicted octanol–water partition coefficient (Wildman–Crippen LogP) is 1.88. The van der Waals surface area contributed by atoms with Crippen molar-refractivity contribution in [1.82, 2.24) is 5.32 Å². The van der Waals surface area contributed by atoms with Gasteiger partial charge in [-0.3, -0.25) is 9.59 Å². The van der Waals surface area contributed by atoms with Crippen molar-refractivity contribution in [1.29, 1.82) is 0 Å². The maximum Gasteiger partial charge on any atom is 0.302 e. The second kappa shape index (κ2) is 6.62. The first-order valence-corrected chi connectivity index (χ1v) is 6.40. The molecule has 1 fully saturated rings. The van der Waals surface area contributed by atoms with Crippen LogP contribution in [0.5, 0.6) is 0 Å². The highest BCUT2D eigenvalue weighted by molar-refractivity contribution is 5.72. The number of nitrogens with one attached hydrogen (secondary N) is 1. The summed E-state index contributed by atoms with van der Waals surface area (Å²) in [7, 11) is 0. The molecule has 1 saturated carbocycles. The van der Waals surface area contributed by atoms with Crippen LogP contribution in [0.25, 0.3) is 0 Å². The molecule has 0 radical (unpaired) electrons. The lowest BCUT2D eigenvalue weighted by Crippen LogP contribution is -2.32. The van der Waals surface area contributed by atoms with Gasteiger partial charge >= 0.3 is 5.97 Å². The number of amides is 1. The van der Waals surface area contributed by atoms with E-state index in [9.17, 15) is 9.59 Å². The Labute approximate surface area is 103 Å². The number of rotatable bonds is 4. The van der Waals surface area contributed by atoms with E-state index in [0.717, 1.165) is 32.2 Å². The third-order valence-electron chi connectivity index (χ3n) is 3.55. The highest BCUT2D eigenvalue weighted by Gasteiger charge is 2.26. The van der Waals surface area contributed by atoms with E-state index < -0.39 is 0 Å². The van der Waals surface area contributed by atoms with Gasteiger partial charge in [0.15, 0.2) is 0 Å². The molecule has 0 aromatic carbocycles. The topological polar surface area (TPSA) is 55.4 Å². The van der Waals surface area contributed by atoms with Gasteiger partial charge in [0, 0.05) is 20.4 Å². The number of hydrogen-bond acceptors (Lipinski definition) is 3. The van der Waals surface area contributed by atoms with Crippen LogP contribution in [0, 0.1) is 11.8 Å². The molecule has 1 amide bonds. The average molecular weight is 241 g/mol. The summed E-state index contributed by atoms with van der Waals surface area (Å²) in [6.45, 7) is 5.76. The minimum atomic E-state index is -0.196. The molecular weight excluding hydrogens is 218 g/mol. The van der Waals surface area contributed by atoms with Crippen LogP contribution in [0.2, 0.25) is 0 Å². The lowest BCUT2D eigenvalue weighted by atomic mass is 9.79. The van der Waals surface area contributed by atoms with Gasteiger partial charge in [-0.2, -0.15) is 0 Å². The van der Waals surface area contributed by atoms with Crippen molar-refractivity contribution in [3.05, 3.63) is 0 Å². The fraction of sp³-hybridized carbons (Fsp3) is 0.846. The molecule has 1 unspecified atom stereocenters. The third kappa shape index (κ3) is 5.20. The molecule has 98 valence electrons. The van der Waals surface area contributed by atoms with Crippen molar-refractivity contribution >= 4 is 11.9 Å². The van der Waals surface area contributed by atoms with Gasteiger partial charge in [-0.25, -0.2) is 0 Å². The summed E-state index contributed by atoms with van der Waals surface area (Å²) in [5.41, 5.74) is 0. The van der Waals surface area contributed by atoms with E-state index in [1.165, 1.54) is 6.92 Å². The predicted molar refractivity (Wildman–Crippen MR) is 65.4 cm³/mol. The number of esters is 1. The zero-order valence-corrected chi connectivity index (χ0v) is 11.0. The van der Waals surface area contributed by atoms with E-state index in [2.05, 4.69) is 5.32 Å². The Morgan fingerprint density at radius 2 is 1.82 bits per heavy atom. The summed E-state index contributed by atoms with van der Waals surface area (Å²) in [6.07, 6.45) is 4.40. The van der Waals surface area contributed by atoms with Crippen LogP contribution in [-0.4, -0.2) is 24.5 Å². The number of ether oxygens (including phenoxy) is 1. The Hall–Kier alpha value is -1.06. The molecule has 0 aromatic heterocycles. The average Bonchev–Trinajstić information content (AvgIpc) is 2.26. The van der Waals surface area contributed by atoms with E-state index in [0.29, 0.717) is 11.8 Å². The molecule has 4 nitrogen and oxygen atoms in total. The summed E-state index contributed by atoms with van der Waals surface area (Å²) >= 11 is 0. The molecule has 1 aliphatic carbocycles. The SMILES string of the molecule is CC(=O)NCC1CCC(C(C)OC(C)=O)CC1. The molecule has 0 spiro atoms. The van der Waals surface area contributed by atoms with Crippen molar-refractivity contribution < 1.29 is 14.3 Å². The van der Waals surface area contributed by atoms with Gasteiger partial charge in [0.2, 0.25) is 5.91 Å². The Balaban J connectivity index is 2.25. The van der Waals surface area contributed by atoms with Crippen LogP contribution in [0.4, 0.5) is 0 Å². The first-order chi connectivity index (χ1) is 7.99. The minimum Gasteiger partial charge on any atom is -0.463 e. The molecule has 0 bridgehead atoms. The van der Waals surface area contributed by atoms with Gasteiger partial charge in [0.25, 0.3) is 0 Å². The van der Waals surface area contributed by atoms with Gasteiger partial charge < -0.3 is 10.1 Å². The number of hydrogen-bond donors (Lipinski definition) is 1. The standard InChI is InChI=1S/C13H23NO3/c1-9(17-11(3)16)13-6-4-12(5-7-13)8-14-10(2)15/h9,12-13H,4-8H2,1-3H3,(H,14,15). The van der Waals surface area contributed by atoms with Gasteiger partial charge in [-0.1, -0.05) is 0 Å². The normalized spacial score (nSPS) is 26.1. The van der Waals surface area contributed by atoms with E-state index in [-0.39, 0.29) is 18.0 Å². The first-order valence-electron chi connectivity index (χ1n) is 6.40. The Morgan fingerprint density at radius 1 is 1.24 bits per heavy atom. The van der Waals surface area contributed by atoms with Crippen LogP contribution in [-0.2, 0) is 14.3 Å². The molecule has 1 aliphatic rings. The highest BCUT2D eigenvalue weighted by atomic mass is 16.5. The van der Waals surface area contributed by atoms with Crippen molar-refractivity contribution in [3.63, 3.8) is 0 Å². The third-order valence-corrected chi connectivity index (χ3v) is 3.55. The van der Waals surface area contributed by atoms with E-state index >= 15 is 0 Å². The van der Waals surface area contributed by atoms with Gasteiger partial charge in [0.1, 0.15) is 6.10 Å². The van der Waals surface area contributed by atoms with Crippen molar-refractivity contribution in [3.8, 4) is 0 Å². The van der Waals surface area contributed by atoms with Gasteiger partial charge in [-0.05, 0) is 44.4 Å². The maximum absolute atomic E-state index is 10.9. The quantitative estimate of drug-likeness (QED) is 0.765. The Kier molecular flexibility index (Phi) is 5.45. The highest BCUT2D eigenvalue weighted by Crippen LogP contribution is 2.31. The smallest absolute Gasteiger partial charge is 0.302 e. The van der Waals surface area contributed by atoms with Gasteiger partial charge in [-0.15, -0.1) is 0 Å². The molecule has 0 heterocycles. The van der Waals surface area contributed by atoms with Crippen LogP contribution in [0.1, 0.15) is 46.5 Å². The second-order valence-electron chi connectivity index (χ2n) is 5.03. The molecular formula is C13H23NO3. The van der Waals surface area contributed by atoms with Crippen molar-refractivity contribution in [2.45, 2.75) is 52.6 Å². The van der Waals surface area contributed by atoms with Crippen molar-refractivity contribution in [2.75, 3.05) is 6.54 Å². The van der Waals surface area contributed by atoms with Crippen molar-refractivity contribution in [2.24, 2.45) is 11.8 Å². The van der Waals surface area contributed by atoms with Crippen LogP contribution < -0.4 is 5.32 Å². The maximum atomic E-state index is 10.9.